The maximum Gasteiger partial charge on any atom is 0.472 e. The molecule has 7 rings (SSSR count). The number of rotatable bonds is 2. The van der Waals surface area contributed by atoms with Gasteiger partial charge in [0.05, 0.1) is 13.2 Å². The van der Waals surface area contributed by atoms with E-state index in [1.807, 2.05) is 0 Å². The Morgan fingerprint density at radius 2 is 1.10 bits per heavy atom. The lowest BCUT2D eigenvalue weighted by molar-refractivity contribution is -0.0667. The standard InChI is InChI=1S/C20H24N10O14P2S2/c21-17-25-11-5(13(33)27-17)23-19(47)29(11)15-7(31)9-3(41-15)1-39-45(35,36)44-10-4(2-40-46(37,38)43-9)42-16(8(10)32)30-12-6(24-20(30)48)14(34)28-18(22)26-12/h3-4,7-10,15-16,31-32H,1-2H2,(H,23,47)(H,24,48)(H,35,36)(H,37,38)(H3,21,25,27,33)(H3,22,26,28,34)/t3-,4-,7-,8-,9-,10-,15-,16-/m1/s1. The van der Waals surface area contributed by atoms with Gasteiger partial charge in [-0.3, -0.25) is 46.8 Å². The van der Waals surface area contributed by atoms with Crippen LogP contribution in [0.1, 0.15) is 12.5 Å². The topological polar surface area (TPSA) is 355 Å². The average molecular weight is 755 g/mol. The van der Waals surface area contributed by atoms with Crippen LogP contribution < -0.4 is 22.6 Å². The van der Waals surface area contributed by atoms with Gasteiger partial charge in [-0.05, 0) is 24.4 Å². The number of nitrogens with zero attached hydrogens (tertiary/aromatic N) is 4. The number of aromatic nitrogens is 8. The Bertz CT molecular complexity index is 2130. The van der Waals surface area contributed by atoms with E-state index in [2.05, 4.69) is 29.9 Å². The van der Waals surface area contributed by atoms with Crippen molar-refractivity contribution in [3.63, 3.8) is 0 Å². The van der Waals surface area contributed by atoms with Crippen molar-refractivity contribution in [1.29, 1.82) is 0 Å². The van der Waals surface area contributed by atoms with E-state index in [4.69, 9.17) is 63.5 Å². The van der Waals surface area contributed by atoms with Crippen LogP contribution in [-0.2, 0) is 36.7 Å². The quantitative estimate of drug-likeness (QED) is 0.0803. The fraction of sp³-hybridized carbons (Fsp3) is 0.500. The van der Waals surface area contributed by atoms with Crippen molar-refractivity contribution >= 4 is 74.3 Å². The minimum absolute atomic E-state index is 0.138. The second-order valence-electron chi connectivity index (χ2n) is 10.7. The lowest BCUT2D eigenvalue weighted by Crippen LogP contribution is -2.39. The maximum absolute atomic E-state index is 13.2. The molecule has 4 aromatic rings. The summed E-state index contributed by atoms with van der Waals surface area (Å²) in [7, 11) is -10.3. The van der Waals surface area contributed by atoms with Gasteiger partial charge in [0.25, 0.3) is 11.1 Å². The van der Waals surface area contributed by atoms with Gasteiger partial charge in [-0.1, -0.05) is 0 Å². The van der Waals surface area contributed by atoms with Crippen molar-refractivity contribution in [3.8, 4) is 0 Å². The van der Waals surface area contributed by atoms with Crippen molar-refractivity contribution in [1.82, 2.24) is 39.0 Å². The number of imidazole rings is 2. The highest BCUT2D eigenvalue weighted by Gasteiger charge is 2.54. The largest absolute Gasteiger partial charge is 0.472 e. The molecule has 0 amide bonds. The number of nitrogens with two attached hydrogens (primary N) is 2. The molecule has 12 N–H and O–H groups in total. The molecule has 28 heteroatoms. The fourth-order valence-electron chi connectivity index (χ4n) is 5.63. The molecule has 0 aromatic carbocycles. The number of hydrogen-bond donors (Lipinski definition) is 10. The summed E-state index contributed by atoms with van der Waals surface area (Å²) in [6, 6.07) is 0. The summed E-state index contributed by atoms with van der Waals surface area (Å²) in [6.07, 6.45) is -13.6. The molecule has 260 valence electrons. The van der Waals surface area contributed by atoms with E-state index in [1.165, 1.54) is 0 Å². The fourth-order valence-corrected chi connectivity index (χ4v) is 8.14. The molecule has 7 heterocycles. The number of H-pyrrole nitrogens is 4. The Balaban J connectivity index is 1.20. The van der Waals surface area contributed by atoms with Gasteiger partial charge >= 0.3 is 15.6 Å². The zero-order valence-corrected chi connectivity index (χ0v) is 27.0. The van der Waals surface area contributed by atoms with Crippen LogP contribution in [0.4, 0.5) is 11.9 Å². The van der Waals surface area contributed by atoms with Crippen LogP contribution in [0.2, 0.25) is 0 Å². The van der Waals surface area contributed by atoms with Crippen molar-refractivity contribution in [2.75, 3.05) is 24.7 Å². The summed E-state index contributed by atoms with van der Waals surface area (Å²) in [6.45, 7) is -1.82. The van der Waals surface area contributed by atoms with Crippen LogP contribution in [0, 0.1) is 9.54 Å². The van der Waals surface area contributed by atoms with Crippen LogP contribution in [-0.4, -0.2) is 109 Å². The van der Waals surface area contributed by atoms with Gasteiger partial charge in [-0.25, -0.2) is 9.13 Å². The Labute approximate surface area is 273 Å². The number of aliphatic hydroxyl groups is 2. The second-order valence-corrected chi connectivity index (χ2v) is 14.3. The minimum Gasteiger partial charge on any atom is -0.386 e. The molecule has 0 spiro atoms. The van der Waals surface area contributed by atoms with Crippen molar-refractivity contribution in [3.05, 3.63) is 30.2 Å². The minimum atomic E-state index is -5.15. The Morgan fingerprint density at radius 3 is 1.48 bits per heavy atom. The molecule has 0 saturated carbocycles. The number of ether oxygens (including phenoxy) is 2. The number of hydrogen-bond acceptors (Lipinski definition) is 18. The highest BCUT2D eigenvalue weighted by Crippen LogP contribution is 2.53. The van der Waals surface area contributed by atoms with E-state index < -0.39 is 89.1 Å². The Morgan fingerprint density at radius 1 is 0.729 bits per heavy atom. The Hall–Kier alpha value is -3.20. The third-order valence-electron chi connectivity index (χ3n) is 7.64. The molecule has 3 fully saturated rings. The number of phosphoric ester groups is 2. The number of phosphoric acid groups is 2. The molecule has 0 aliphatic carbocycles. The molecule has 48 heavy (non-hydrogen) atoms. The number of anilines is 2. The van der Waals surface area contributed by atoms with E-state index in [9.17, 15) is 38.7 Å². The van der Waals surface area contributed by atoms with Crippen molar-refractivity contribution < 1.29 is 56.7 Å². The molecule has 3 saturated heterocycles. The van der Waals surface area contributed by atoms with Crippen LogP contribution in [0.25, 0.3) is 22.3 Å². The van der Waals surface area contributed by atoms with E-state index in [0.29, 0.717) is 0 Å². The third-order valence-corrected chi connectivity index (χ3v) is 10.2. The van der Waals surface area contributed by atoms with Gasteiger partial charge in [0, 0.05) is 0 Å². The first-order valence-corrected chi connectivity index (χ1v) is 17.3. The summed E-state index contributed by atoms with van der Waals surface area (Å²) >= 11 is 10.5. The van der Waals surface area contributed by atoms with Gasteiger partial charge in [0.1, 0.15) is 36.6 Å². The highest BCUT2D eigenvalue weighted by atomic mass is 32.1. The number of aliphatic hydroxyl groups excluding tert-OH is 2. The Kier molecular flexibility index (Phi) is 8.12. The summed E-state index contributed by atoms with van der Waals surface area (Å²) in [4.78, 5) is 63.8. The van der Waals surface area contributed by atoms with Crippen molar-refractivity contribution in [2.24, 2.45) is 0 Å². The first-order valence-electron chi connectivity index (χ1n) is 13.5. The molecular formula is C20H24N10O14P2S2. The lowest BCUT2D eigenvalue weighted by atomic mass is 10.1. The SMILES string of the molecule is Nc1nc2c([nH]c(=S)n2[C@@H]2O[C@@H]3COP(=O)(O)O[C@H]4[C@@H](O)[C@H](n5c(=S)[nH]c6c(=O)[nH]c(N)nc65)O[C@@H]4COP(=O)(O)O[C@H]3[C@H]2O)c(=O)[nH]1. The van der Waals surface area contributed by atoms with Crippen LogP contribution in [0.5, 0.6) is 0 Å². The maximum atomic E-state index is 13.2. The molecular weight excluding hydrogens is 730 g/mol. The summed E-state index contributed by atoms with van der Waals surface area (Å²) < 4.78 is 60.4. The van der Waals surface area contributed by atoms with Gasteiger partial charge in [-0.15, -0.1) is 0 Å². The van der Waals surface area contributed by atoms with Crippen LogP contribution >= 0.6 is 40.1 Å². The van der Waals surface area contributed by atoms with Crippen LogP contribution in [0.15, 0.2) is 9.59 Å². The number of nitrogens with one attached hydrogen (secondary N) is 4. The second kappa shape index (κ2) is 11.7. The molecule has 4 aromatic heterocycles. The van der Waals surface area contributed by atoms with Gasteiger partial charge < -0.3 is 50.9 Å². The predicted molar refractivity (Wildman–Crippen MR) is 161 cm³/mol. The van der Waals surface area contributed by atoms with Gasteiger partial charge in [-0.2, -0.15) is 9.97 Å². The molecule has 3 aliphatic heterocycles. The van der Waals surface area contributed by atoms with Crippen molar-refractivity contribution in [2.45, 2.75) is 49.1 Å². The molecule has 0 bridgehead atoms. The predicted octanol–water partition coefficient (Wildman–Crippen LogP) is -1.72. The van der Waals surface area contributed by atoms with E-state index in [1.54, 1.807) is 0 Å². The number of fused-ring (bicyclic) bond motifs is 4. The normalized spacial score (nSPS) is 36.1. The molecule has 24 nitrogen and oxygen atoms in total. The summed E-state index contributed by atoms with van der Waals surface area (Å²) in [5, 5.41) is 22.5. The highest BCUT2D eigenvalue weighted by molar-refractivity contribution is 7.71. The first kappa shape index (κ1) is 33.3. The third kappa shape index (κ3) is 5.67. The van der Waals surface area contributed by atoms with Gasteiger partial charge in [0.2, 0.25) is 11.9 Å². The summed E-state index contributed by atoms with van der Waals surface area (Å²) in [5.41, 5.74) is 9.32. The van der Waals surface area contributed by atoms with E-state index >= 15 is 0 Å². The zero-order valence-electron chi connectivity index (χ0n) is 23.6. The number of nitrogen functional groups attached to an aromatic ring is 2. The van der Waals surface area contributed by atoms with E-state index in [0.717, 1.165) is 9.13 Å². The lowest BCUT2D eigenvalue weighted by Gasteiger charge is -2.27. The molecule has 2 unspecified atom stereocenters. The van der Waals surface area contributed by atoms with E-state index in [-0.39, 0.29) is 43.8 Å². The monoisotopic (exact) mass is 754 g/mol. The smallest absolute Gasteiger partial charge is 0.386 e. The zero-order chi connectivity index (χ0) is 34.4. The number of aromatic amines is 4. The first-order chi connectivity index (χ1) is 22.5. The summed E-state index contributed by atoms with van der Waals surface area (Å²) in [5.74, 6) is -0.613. The molecule has 10 atom stereocenters. The molecule has 0 radical (unpaired) electrons. The average Bonchev–Trinajstić information content (AvgIpc) is 3.67. The van der Waals surface area contributed by atoms with Gasteiger partial charge in [0.15, 0.2) is 44.3 Å². The van der Waals surface area contributed by atoms with Crippen LogP contribution in [0.3, 0.4) is 0 Å². The molecule has 3 aliphatic rings.